The van der Waals surface area contributed by atoms with Crippen molar-refractivity contribution in [3.8, 4) is 0 Å². The van der Waals surface area contributed by atoms with Crippen LogP contribution < -0.4 is 0 Å². The Morgan fingerprint density at radius 2 is 1.93 bits per heavy atom. The molecule has 1 aromatic rings. The molecule has 0 aromatic carbocycles. The van der Waals surface area contributed by atoms with Gasteiger partial charge in [0.1, 0.15) is 12.2 Å². The van der Waals surface area contributed by atoms with E-state index >= 15 is 0 Å². The lowest BCUT2D eigenvalue weighted by molar-refractivity contribution is -0.128. The van der Waals surface area contributed by atoms with Gasteiger partial charge in [0.15, 0.2) is 0 Å². The molecule has 0 fully saturated rings. The highest BCUT2D eigenvalue weighted by Gasteiger charge is 2.30. The van der Waals surface area contributed by atoms with Gasteiger partial charge in [-0.1, -0.05) is 3.89 Å². The number of H-pyrrole nitrogens is 1. The lowest BCUT2D eigenvalue weighted by atomic mass is 10.4. The van der Waals surface area contributed by atoms with Crippen molar-refractivity contribution in [3.05, 3.63) is 5.82 Å². The number of nitrogens with one attached hydrogen (secondary N) is 1. The van der Waals surface area contributed by atoms with E-state index in [4.69, 9.17) is 0 Å². The predicted octanol–water partition coefficient (Wildman–Crippen LogP) is 0.568. The number of hydrogen-bond acceptors (Lipinski definition) is 4. The van der Waals surface area contributed by atoms with Crippen LogP contribution >= 0.6 is 0 Å². The van der Waals surface area contributed by atoms with Crippen molar-refractivity contribution in [1.82, 2.24) is 15.2 Å². The zero-order valence-corrected chi connectivity index (χ0v) is 7.15. The molecule has 1 aromatic heterocycles. The molecule has 0 aliphatic carbocycles. The van der Waals surface area contributed by atoms with E-state index in [-0.39, 0.29) is 0 Å². The van der Waals surface area contributed by atoms with Gasteiger partial charge in [-0.15, -0.1) is 5.10 Å². The van der Waals surface area contributed by atoms with Gasteiger partial charge in [-0.05, 0) is 0 Å². The number of alkyl halides is 3. The fourth-order valence-electron chi connectivity index (χ4n) is 0.656. The van der Waals surface area contributed by atoms with E-state index in [1.807, 2.05) is 0 Å². The van der Waals surface area contributed by atoms with E-state index in [0.29, 0.717) is 0 Å². The molecule has 0 aliphatic heterocycles. The summed E-state index contributed by atoms with van der Waals surface area (Å²) in [5.74, 6) is -0.756. The minimum absolute atomic E-state index is 0.756. The Morgan fingerprint density at radius 1 is 1.36 bits per heavy atom. The molecule has 0 aliphatic rings. The smallest absolute Gasteiger partial charge is 0.262 e. The molecular weight excluding hydrogens is 230 g/mol. The van der Waals surface area contributed by atoms with Crippen molar-refractivity contribution in [2.24, 2.45) is 0 Å². The van der Waals surface area contributed by atoms with Crippen LogP contribution in [0, 0.1) is 0 Å². The van der Waals surface area contributed by atoms with Gasteiger partial charge < -0.3 is 0 Å². The SMILES string of the molecule is O=S(=O)(F)c1n[nH]c(CC(F)(F)F)n1. The van der Waals surface area contributed by atoms with Crippen LogP contribution in [0.3, 0.4) is 0 Å². The van der Waals surface area contributed by atoms with Crippen molar-refractivity contribution in [3.63, 3.8) is 0 Å². The first kappa shape index (κ1) is 10.9. The topological polar surface area (TPSA) is 75.7 Å². The van der Waals surface area contributed by atoms with Crippen LogP contribution in [0.15, 0.2) is 5.16 Å². The summed E-state index contributed by atoms with van der Waals surface area (Å²) < 4.78 is 67.5. The second-order valence-corrected chi connectivity index (χ2v) is 3.54. The summed E-state index contributed by atoms with van der Waals surface area (Å²) in [7, 11) is -5.16. The van der Waals surface area contributed by atoms with Crippen LogP contribution in [-0.2, 0) is 16.6 Å². The summed E-state index contributed by atoms with van der Waals surface area (Å²) >= 11 is 0. The number of rotatable bonds is 2. The van der Waals surface area contributed by atoms with Gasteiger partial charge in [0, 0.05) is 0 Å². The fraction of sp³-hybridized carbons (Fsp3) is 0.500. The third kappa shape index (κ3) is 2.94. The Labute approximate surface area is 75.4 Å². The average Bonchev–Trinajstić information content (AvgIpc) is 2.29. The predicted molar refractivity (Wildman–Crippen MR) is 34.4 cm³/mol. The molecule has 1 heterocycles. The van der Waals surface area contributed by atoms with Crippen LogP contribution in [0.4, 0.5) is 17.1 Å². The Kier molecular flexibility index (Phi) is 2.48. The maximum atomic E-state index is 12.1. The Balaban J connectivity index is 2.90. The number of hydrogen-bond donors (Lipinski definition) is 1. The summed E-state index contributed by atoms with van der Waals surface area (Å²) in [6, 6.07) is 0. The van der Waals surface area contributed by atoms with Crippen LogP contribution in [0.25, 0.3) is 0 Å². The fourth-order valence-corrected chi connectivity index (χ4v) is 1.03. The van der Waals surface area contributed by atoms with E-state index in [1.165, 1.54) is 0 Å². The van der Waals surface area contributed by atoms with Gasteiger partial charge in [0.25, 0.3) is 5.16 Å². The molecule has 10 heteroatoms. The quantitative estimate of drug-likeness (QED) is 0.598. The molecule has 1 N–H and O–H groups in total. The van der Waals surface area contributed by atoms with Crippen LogP contribution in [0.2, 0.25) is 0 Å². The Hall–Kier alpha value is -1.19. The van der Waals surface area contributed by atoms with Crippen molar-refractivity contribution < 1.29 is 25.5 Å². The van der Waals surface area contributed by atoms with Crippen molar-refractivity contribution >= 4 is 10.2 Å². The van der Waals surface area contributed by atoms with Gasteiger partial charge in [0.2, 0.25) is 0 Å². The molecule has 0 unspecified atom stereocenters. The highest BCUT2D eigenvalue weighted by Crippen LogP contribution is 2.19. The van der Waals surface area contributed by atoms with E-state index in [2.05, 4.69) is 10.1 Å². The van der Waals surface area contributed by atoms with Crippen molar-refractivity contribution in [2.75, 3.05) is 0 Å². The molecule has 1 rings (SSSR count). The Bertz CT molecular complexity index is 422. The van der Waals surface area contributed by atoms with E-state index in [0.717, 1.165) is 0 Å². The first-order valence-electron chi connectivity index (χ1n) is 3.11. The summed E-state index contributed by atoms with van der Waals surface area (Å²) in [5, 5.41) is 3.15. The lowest BCUT2D eigenvalue weighted by Gasteiger charge is -2.00. The van der Waals surface area contributed by atoms with Crippen LogP contribution in [0.5, 0.6) is 0 Å². The summed E-state index contributed by atoms with van der Waals surface area (Å²) in [5.41, 5.74) is 0. The highest BCUT2D eigenvalue weighted by atomic mass is 32.3. The maximum Gasteiger partial charge on any atom is 0.396 e. The monoisotopic (exact) mass is 233 g/mol. The normalized spacial score (nSPS) is 13.1. The molecule has 0 bridgehead atoms. The standard InChI is InChI=1S/C4H3F4N3O2S/c5-4(6,7)1-2-9-3(11-10-2)14(8,12)13/h1H2,(H,9,10,11). The van der Waals surface area contributed by atoms with E-state index < -0.39 is 33.8 Å². The summed E-state index contributed by atoms with van der Waals surface area (Å²) in [4.78, 5) is 2.82. The molecule has 0 atom stereocenters. The first-order chi connectivity index (χ1) is 6.18. The number of halogens is 4. The number of aromatic amines is 1. The largest absolute Gasteiger partial charge is 0.396 e. The van der Waals surface area contributed by atoms with Gasteiger partial charge in [-0.2, -0.15) is 26.6 Å². The lowest BCUT2D eigenvalue weighted by Crippen LogP contribution is -2.12. The molecule has 14 heavy (non-hydrogen) atoms. The third-order valence-corrected chi connectivity index (χ3v) is 1.72. The van der Waals surface area contributed by atoms with Gasteiger partial charge in [0.05, 0.1) is 0 Å². The second kappa shape index (κ2) is 3.19. The summed E-state index contributed by atoms with van der Waals surface area (Å²) in [6.45, 7) is 0. The molecule has 0 radical (unpaired) electrons. The van der Waals surface area contributed by atoms with Crippen molar-refractivity contribution in [1.29, 1.82) is 0 Å². The highest BCUT2D eigenvalue weighted by molar-refractivity contribution is 7.86. The van der Waals surface area contributed by atoms with Crippen molar-refractivity contribution in [2.45, 2.75) is 17.8 Å². The molecule has 0 saturated heterocycles. The van der Waals surface area contributed by atoms with Gasteiger partial charge in [-0.25, -0.2) is 0 Å². The zero-order valence-electron chi connectivity index (χ0n) is 6.34. The average molecular weight is 233 g/mol. The minimum atomic E-state index is -5.16. The van der Waals surface area contributed by atoms with Gasteiger partial charge in [-0.3, -0.25) is 5.10 Å². The second-order valence-electron chi connectivity index (χ2n) is 2.29. The molecule has 5 nitrogen and oxygen atoms in total. The Morgan fingerprint density at radius 3 is 2.29 bits per heavy atom. The molecule has 0 saturated carbocycles. The molecule has 0 spiro atoms. The third-order valence-electron chi connectivity index (χ3n) is 1.10. The molecule has 0 amide bonds. The van der Waals surface area contributed by atoms with Gasteiger partial charge >= 0.3 is 16.4 Å². The van der Waals surface area contributed by atoms with Crippen LogP contribution in [-0.4, -0.2) is 29.8 Å². The van der Waals surface area contributed by atoms with E-state index in [9.17, 15) is 25.5 Å². The first-order valence-corrected chi connectivity index (χ1v) is 4.49. The molecule has 80 valence electrons. The zero-order chi connectivity index (χ0) is 11.0. The molecular formula is C4H3F4N3O2S. The maximum absolute atomic E-state index is 12.1. The van der Waals surface area contributed by atoms with E-state index in [1.54, 1.807) is 5.10 Å². The number of aromatic nitrogens is 3. The minimum Gasteiger partial charge on any atom is -0.262 e. The van der Waals surface area contributed by atoms with Crippen LogP contribution in [0.1, 0.15) is 5.82 Å². The summed E-state index contributed by atoms with van der Waals surface area (Å²) in [6.07, 6.45) is -6.05. The number of nitrogens with zero attached hydrogens (tertiary/aromatic N) is 2.